The number of nitrogens with one attached hydrogen (secondary N) is 1. The normalized spacial score (nSPS) is 10.6. The van der Waals surface area contributed by atoms with Gasteiger partial charge in [0.25, 0.3) is 0 Å². The average molecular weight is 256 g/mol. The van der Waals surface area contributed by atoms with Crippen LogP contribution in [0.15, 0.2) is 24.3 Å². The summed E-state index contributed by atoms with van der Waals surface area (Å²) in [5, 5.41) is 3.41. The molecule has 0 heterocycles. The fraction of sp³-hybridized carbons (Fsp3) is 0.417. The van der Waals surface area contributed by atoms with Crippen LogP contribution in [0.25, 0.3) is 0 Å². The molecular formula is C12H18ClN3O. The first-order valence-corrected chi connectivity index (χ1v) is 5.93. The molecule has 0 fully saturated rings. The Balaban J connectivity index is 2.34. The van der Waals surface area contributed by atoms with E-state index in [2.05, 4.69) is 5.32 Å². The van der Waals surface area contributed by atoms with Crippen LogP contribution in [0, 0.1) is 0 Å². The van der Waals surface area contributed by atoms with Crippen LogP contribution in [-0.4, -0.2) is 37.5 Å². The Bertz CT molecular complexity index is 371. The van der Waals surface area contributed by atoms with Gasteiger partial charge in [-0.05, 0) is 25.2 Å². The molecule has 0 aliphatic heterocycles. The number of carbonyl (C=O) groups is 1. The van der Waals surface area contributed by atoms with Crippen molar-refractivity contribution in [1.82, 2.24) is 4.90 Å². The van der Waals surface area contributed by atoms with E-state index in [1.807, 2.05) is 18.0 Å². The van der Waals surface area contributed by atoms with Gasteiger partial charge in [0, 0.05) is 36.8 Å². The maximum atomic E-state index is 11.6. The number of rotatable bonds is 6. The Morgan fingerprint density at radius 3 is 2.88 bits per heavy atom. The minimum absolute atomic E-state index is 0.0175. The molecule has 0 aliphatic rings. The molecular weight excluding hydrogens is 238 g/mol. The van der Waals surface area contributed by atoms with E-state index in [9.17, 15) is 4.79 Å². The van der Waals surface area contributed by atoms with E-state index >= 15 is 0 Å². The summed E-state index contributed by atoms with van der Waals surface area (Å²) in [6.45, 7) is 2.10. The fourth-order valence-corrected chi connectivity index (χ4v) is 1.60. The van der Waals surface area contributed by atoms with Gasteiger partial charge in [-0.15, -0.1) is 0 Å². The minimum Gasteiger partial charge on any atom is -0.329 e. The van der Waals surface area contributed by atoms with Crippen LogP contribution in [0.1, 0.15) is 6.42 Å². The van der Waals surface area contributed by atoms with Crippen LogP contribution in [0.2, 0.25) is 5.02 Å². The van der Waals surface area contributed by atoms with Gasteiger partial charge in [0.05, 0.1) is 0 Å². The van der Waals surface area contributed by atoms with Gasteiger partial charge in [-0.25, -0.2) is 0 Å². The van der Waals surface area contributed by atoms with Crippen molar-refractivity contribution in [2.45, 2.75) is 6.42 Å². The number of anilines is 1. The molecule has 1 amide bonds. The Labute approximate surface area is 107 Å². The number of amides is 1. The molecule has 0 bridgehead atoms. The Hall–Kier alpha value is -1.10. The van der Waals surface area contributed by atoms with E-state index in [0.29, 0.717) is 24.5 Å². The monoisotopic (exact) mass is 255 g/mol. The number of benzene rings is 1. The summed E-state index contributed by atoms with van der Waals surface area (Å²) in [6, 6.07) is 7.11. The van der Waals surface area contributed by atoms with Gasteiger partial charge in [-0.2, -0.15) is 0 Å². The number of nitrogens with two attached hydrogens (primary N) is 1. The smallest absolute Gasteiger partial charge is 0.225 e. The van der Waals surface area contributed by atoms with Crippen molar-refractivity contribution < 1.29 is 4.79 Å². The van der Waals surface area contributed by atoms with Crippen molar-refractivity contribution in [3.8, 4) is 0 Å². The first-order chi connectivity index (χ1) is 8.11. The van der Waals surface area contributed by atoms with Crippen molar-refractivity contribution in [2.24, 2.45) is 5.73 Å². The number of likely N-dealkylation sites (N-methyl/N-ethyl adjacent to an activating group) is 1. The van der Waals surface area contributed by atoms with Gasteiger partial charge in [0.1, 0.15) is 0 Å². The highest BCUT2D eigenvalue weighted by Crippen LogP contribution is 2.14. The number of hydrogen-bond donors (Lipinski definition) is 2. The summed E-state index contributed by atoms with van der Waals surface area (Å²) in [5.74, 6) is -0.0175. The van der Waals surface area contributed by atoms with Crippen LogP contribution in [-0.2, 0) is 4.79 Å². The zero-order valence-corrected chi connectivity index (χ0v) is 10.7. The highest BCUT2D eigenvalue weighted by molar-refractivity contribution is 6.30. The number of carbonyl (C=O) groups excluding carboxylic acids is 1. The van der Waals surface area contributed by atoms with E-state index in [-0.39, 0.29) is 5.91 Å². The molecule has 0 saturated carbocycles. The molecule has 1 aromatic carbocycles. The molecule has 94 valence electrons. The molecule has 0 saturated heterocycles. The summed E-state index contributed by atoms with van der Waals surface area (Å²) >= 11 is 5.82. The van der Waals surface area contributed by atoms with Gasteiger partial charge in [-0.1, -0.05) is 17.7 Å². The molecule has 0 aromatic heterocycles. The van der Waals surface area contributed by atoms with E-state index in [4.69, 9.17) is 17.3 Å². The topological polar surface area (TPSA) is 58.4 Å². The SMILES string of the molecule is CN(CCN)CCC(=O)Nc1cccc(Cl)c1. The Morgan fingerprint density at radius 2 is 2.24 bits per heavy atom. The lowest BCUT2D eigenvalue weighted by atomic mass is 10.3. The highest BCUT2D eigenvalue weighted by atomic mass is 35.5. The first kappa shape index (κ1) is 14.0. The number of nitrogens with zero attached hydrogens (tertiary/aromatic N) is 1. The van der Waals surface area contributed by atoms with Crippen molar-refractivity contribution in [3.05, 3.63) is 29.3 Å². The summed E-state index contributed by atoms with van der Waals surface area (Å²) in [7, 11) is 1.94. The van der Waals surface area contributed by atoms with Crippen LogP contribution in [0.3, 0.4) is 0 Å². The van der Waals surface area contributed by atoms with Gasteiger partial charge in [0.15, 0.2) is 0 Å². The second-order valence-corrected chi connectivity index (χ2v) is 4.34. The van der Waals surface area contributed by atoms with E-state index in [0.717, 1.165) is 12.2 Å². The summed E-state index contributed by atoms with van der Waals surface area (Å²) in [6.07, 6.45) is 0.447. The molecule has 17 heavy (non-hydrogen) atoms. The maximum Gasteiger partial charge on any atom is 0.225 e. The molecule has 0 atom stereocenters. The summed E-state index contributed by atoms with van der Waals surface area (Å²) in [4.78, 5) is 13.6. The predicted octanol–water partition coefficient (Wildman–Crippen LogP) is 1.56. The fourth-order valence-electron chi connectivity index (χ4n) is 1.41. The standard InChI is InChI=1S/C12H18ClN3O/c1-16(8-6-14)7-5-12(17)15-11-4-2-3-10(13)9-11/h2-4,9H,5-8,14H2,1H3,(H,15,17). The van der Waals surface area contributed by atoms with E-state index in [1.54, 1.807) is 18.2 Å². The summed E-state index contributed by atoms with van der Waals surface area (Å²) in [5.41, 5.74) is 6.15. The van der Waals surface area contributed by atoms with E-state index < -0.39 is 0 Å². The average Bonchev–Trinajstić information content (AvgIpc) is 2.27. The zero-order chi connectivity index (χ0) is 12.7. The van der Waals surface area contributed by atoms with Crippen LogP contribution in [0.4, 0.5) is 5.69 Å². The van der Waals surface area contributed by atoms with Crippen LogP contribution in [0.5, 0.6) is 0 Å². The molecule has 4 nitrogen and oxygen atoms in total. The lowest BCUT2D eigenvalue weighted by molar-refractivity contribution is -0.116. The third-order valence-electron chi connectivity index (χ3n) is 2.34. The van der Waals surface area contributed by atoms with Gasteiger partial charge < -0.3 is 16.0 Å². The quantitative estimate of drug-likeness (QED) is 0.811. The Morgan fingerprint density at radius 1 is 1.47 bits per heavy atom. The van der Waals surface area contributed by atoms with Gasteiger partial charge >= 0.3 is 0 Å². The van der Waals surface area contributed by atoms with Crippen LogP contribution >= 0.6 is 11.6 Å². The minimum atomic E-state index is -0.0175. The summed E-state index contributed by atoms with van der Waals surface area (Å²) < 4.78 is 0. The number of hydrogen-bond acceptors (Lipinski definition) is 3. The predicted molar refractivity (Wildman–Crippen MR) is 71.3 cm³/mol. The molecule has 0 radical (unpaired) electrons. The van der Waals surface area contributed by atoms with Gasteiger partial charge in [-0.3, -0.25) is 4.79 Å². The molecule has 0 spiro atoms. The third-order valence-corrected chi connectivity index (χ3v) is 2.57. The van der Waals surface area contributed by atoms with Crippen molar-refractivity contribution >= 4 is 23.2 Å². The largest absolute Gasteiger partial charge is 0.329 e. The molecule has 3 N–H and O–H groups in total. The molecule has 0 aliphatic carbocycles. The Kier molecular flexibility index (Phi) is 5.97. The zero-order valence-electron chi connectivity index (χ0n) is 9.95. The van der Waals surface area contributed by atoms with Gasteiger partial charge in [0.2, 0.25) is 5.91 Å². The second kappa shape index (κ2) is 7.27. The molecule has 1 aromatic rings. The second-order valence-electron chi connectivity index (χ2n) is 3.90. The lowest BCUT2D eigenvalue weighted by Gasteiger charge is -2.14. The molecule has 1 rings (SSSR count). The molecule has 5 heteroatoms. The van der Waals surface area contributed by atoms with Crippen LogP contribution < -0.4 is 11.1 Å². The maximum absolute atomic E-state index is 11.6. The first-order valence-electron chi connectivity index (χ1n) is 5.56. The highest BCUT2D eigenvalue weighted by Gasteiger charge is 2.04. The lowest BCUT2D eigenvalue weighted by Crippen LogP contribution is -2.28. The van der Waals surface area contributed by atoms with Crippen molar-refractivity contribution in [2.75, 3.05) is 32.0 Å². The number of halogens is 1. The molecule has 0 unspecified atom stereocenters. The van der Waals surface area contributed by atoms with Crippen molar-refractivity contribution in [3.63, 3.8) is 0 Å². The van der Waals surface area contributed by atoms with E-state index in [1.165, 1.54) is 0 Å². The van der Waals surface area contributed by atoms with Crippen molar-refractivity contribution in [1.29, 1.82) is 0 Å². The third kappa shape index (κ3) is 5.68.